The fourth-order valence-electron chi connectivity index (χ4n) is 4.17. The number of hydrazone groups is 1. The Balaban J connectivity index is 1.76. The summed E-state index contributed by atoms with van der Waals surface area (Å²) in [5, 5.41) is 13.6. The fraction of sp³-hybridized carbons (Fsp3) is 0.478. The van der Waals surface area contributed by atoms with E-state index in [4.69, 9.17) is 10.5 Å². The van der Waals surface area contributed by atoms with Gasteiger partial charge in [-0.05, 0) is 67.9 Å². The van der Waals surface area contributed by atoms with E-state index in [9.17, 15) is 19.5 Å². The molecule has 0 saturated heterocycles. The zero-order valence-electron chi connectivity index (χ0n) is 17.9. The Kier molecular flexibility index (Phi) is 6.90. The van der Waals surface area contributed by atoms with E-state index in [1.807, 2.05) is 13.0 Å². The highest BCUT2D eigenvalue weighted by Gasteiger charge is 2.43. The van der Waals surface area contributed by atoms with Crippen molar-refractivity contribution in [3.8, 4) is 5.75 Å². The van der Waals surface area contributed by atoms with Gasteiger partial charge in [0.05, 0.1) is 24.7 Å². The number of allylic oxidation sites excluding steroid dienone is 2. The monoisotopic (exact) mass is 427 g/mol. The molecule has 0 unspecified atom stereocenters. The van der Waals surface area contributed by atoms with Crippen molar-refractivity contribution in [1.82, 2.24) is 5.43 Å². The molecule has 1 aromatic carbocycles. The molecule has 0 spiro atoms. The first-order valence-corrected chi connectivity index (χ1v) is 10.5. The first-order chi connectivity index (χ1) is 14.7. The smallest absolute Gasteiger partial charge is 0.246 e. The predicted octanol–water partition coefficient (Wildman–Crippen LogP) is 1.88. The number of nitrogens with zero attached hydrogens (tertiary/aromatic N) is 1. The van der Waals surface area contributed by atoms with Crippen LogP contribution in [0.25, 0.3) is 5.57 Å². The summed E-state index contributed by atoms with van der Waals surface area (Å²) >= 11 is 0. The molecule has 166 valence electrons. The normalized spacial score (nSPS) is 24.2. The van der Waals surface area contributed by atoms with Gasteiger partial charge in [0.25, 0.3) is 0 Å². The van der Waals surface area contributed by atoms with Gasteiger partial charge in [0.15, 0.2) is 0 Å². The molecule has 4 N–H and O–H groups in total. The molecule has 2 aliphatic carbocycles. The minimum Gasteiger partial charge on any atom is -0.497 e. The molecule has 0 aromatic heterocycles. The van der Waals surface area contributed by atoms with Crippen LogP contribution >= 0.6 is 0 Å². The number of primary amides is 1. The quantitative estimate of drug-likeness (QED) is 0.572. The number of hydrogen-bond donors (Lipinski definition) is 3. The van der Waals surface area contributed by atoms with Gasteiger partial charge in [0.1, 0.15) is 17.6 Å². The molecule has 0 aliphatic heterocycles. The molecule has 2 amide bonds. The zero-order valence-corrected chi connectivity index (χ0v) is 17.9. The fourth-order valence-corrected chi connectivity index (χ4v) is 4.17. The van der Waals surface area contributed by atoms with Crippen LogP contribution in [-0.4, -0.2) is 41.6 Å². The summed E-state index contributed by atoms with van der Waals surface area (Å²) in [6.45, 7) is 1.85. The number of methoxy groups -OCH3 is 1. The topological polar surface area (TPSA) is 131 Å². The van der Waals surface area contributed by atoms with Crippen molar-refractivity contribution < 1.29 is 24.2 Å². The van der Waals surface area contributed by atoms with Crippen molar-refractivity contribution in [3.63, 3.8) is 0 Å². The van der Waals surface area contributed by atoms with Crippen LogP contribution in [0.4, 0.5) is 0 Å². The Morgan fingerprint density at radius 1 is 1.32 bits per heavy atom. The summed E-state index contributed by atoms with van der Waals surface area (Å²) in [6.07, 6.45) is 4.38. The van der Waals surface area contributed by atoms with Gasteiger partial charge in [-0.15, -0.1) is 0 Å². The third-order valence-corrected chi connectivity index (χ3v) is 6.17. The van der Waals surface area contributed by atoms with Gasteiger partial charge in [-0.2, -0.15) is 5.10 Å². The number of nitrogens with one attached hydrogen (secondary N) is 1. The van der Waals surface area contributed by atoms with Gasteiger partial charge >= 0.3 is 0 Å². The lowest BCUT2D eigenvalue weighted by Gasteiger charge is -2.24. The van der Waals surface area contributed by atoms with Crippen LogP contribution in [0, 0.1) is 5.41 Å². The zero-order chi connectivity index (χ0) is 22.6. The molecule has 1 saturated carbocycles. The Morgan fingerprint density at radius 3 is 2.81 bits per heavy atom. The molecule has 0 radical (unpaired) electrons. The van der Waals surface area contributed by atoms with Crippen LogP contribution in [0.15, 0.2) is 29.4 Å². The van der Waals surface area contributed by atoms with E-state index in [0.29, 0.717) is 25.0 Å². The van der Waals surface area contributed by atoms with Gasteiger partial charge in [-0.25, -0.2) is 5.43 Å². The number of hydrogen-bond acceptors (Lipinski definition) is 6. The Hall–Kier alpha value is -3.00. The van der Waals surface area contributed by atoms with Gasteiger partial charge in [-0.3, -0.25) is 14.4 Å². The molecule has 1 aromatic rings. The minimum atomic E-state index is -1.56. The van der Waals surface area contributed by atoms with Crippen molar-refractivity contribution in [2.24, 2.45) is 16.3 Å². The molecule has 2 aliphatic rings. The lowest BCUT2D eigenvalue weighted by molar-refractivity contribution is -0.132. The lowest BCUT2D eigenvalue weighted by atomic mass is 9.80. The predicted molar refractivity (Wildman–Crippen MR) is 116 cm³/mol. The van der Waals surface area contributed by atoms with Crippen molar-refractivity contribution in [1.29, 1.82) is 0 Å². The number of carbonyl (C=O) groups excluding carboxylic acids is 3. The van der Waals surface area contributed by atoms with Gasteiger partial charge in [-0.1, -0.05) is 12.1 Å². The van der Waals surface area contributed by atoms with Crippen molar-refractivity contribution >= 4 is 28.9 Å². The summed E-state index contributed by atoms with van der Waals surface area (Å²) < 4.78 is 5.33. The number of rotatable bonds is 7. The Morgan fingerprint density at radius 2 is 2.10 bits per heavy atom. The van der Waals surface area contributed by atoms with E-state index in [1.165, 1.54) is 16.7 Å². The number of ketones is 1. The number of benzene rings is 1. The van der Waals surface area contributed by atoms with E-state index < -0.39 is 29.8 Å². The number of fused-ring (bicyclic) bond motifs is 1. The highest BCUT2D eigenvalue weighted by atomic mass is 16.5. The van der Waals surface area contributed by atoms with Crippen LogP contribution in [0.5, 0.6) is 5.75 Å². The van der Waals surface area contributed by atoms with Crippen molar-refractivity contribution in [2.45, 2.75) is 58.0 Å². The summed E-state index contributed by atoms with van der Waals surface area (Å²) in [7, 11) is 1.65. The second-order valence-corrected chi connectivity index (χ2v) is 8.28. The number of ether oxygens (including phenoxy) is 1. The van der Waals surface area contributed by atoms with E-state index in [1.54, 1.807) is 7.11 Å². The average molecular weight is 428 g/mol. The minimum absolute atomic E-state index is 0.0836. The third kappa shape index (κ3) is 5.02. The maximum Gasteiger partial charge on any atom is 0.246 e. The number of Topliss-reactive ketones (excluding diaryl/α,β-unsaturated/α-hetero) is 1. The van der Waals surface area contributed by atoms with Gasteiger partial charge in [0, 0.05) is 6.42 Å². The largest absolute Gasteiger partial charge is 0.497 e. The number of carbonyl (C=O) groups is 3. The van der Waals surface area contributed by atoms with Crippen LogP contribution in [0.1, 0.15) is 56.6 Å². The van der Waals surface area contributed by atoms with E-state index >= 15 is 0 Å². The van der Waals surface area contributed by atoms with Crippen LogP contribution in [-0.2, 0) is 20.8 Å². The van der Waals surface area contributed by atoms with Gasteiger partial charge < -0.3 is 15.6 Å². The van der Waals surface area contributed by atoms with Crippen molar-refractivity contribution in [2.75, 3.05) is 7.11 Å². The number of amides is 2. The highest BCUT2D eigenvalue weighted by molar-refractivity contribution is 6.15. The van der Waals surface area contributed by atoms with Crippen LogP contribution in [0.2, 0.25) is 0 Å². The maximum atomic E-state index is 12.7. The summed E-state index contributed by atoms with van der Waals surface area (Å²) in [5.74, 6) is -0.681. The molecular formula is C23H29N3O5. The molecule has 2 atom stereocenters. The Bertz CT molecular complexity index is 953. The summed E-state index contributed by atoms with van der Waals surface area (Å²) in [6, 6.07) is 6.08. The SMILES string of the molecule is COc1ccc2c(c1)CCC/C2=C\C[C@@]1(C)C(=O)CC/C1=N\NC(=O)C[C@@H](O)C(N)=O. The first kappa shape index (κ1) is 22.7. The molecule has 3 rings (SSSR count). The second kappa shape index (κ2) is 9.43. The number of nitrogens with two attached hydrogens (primary N) is 1. The molecule has 1 fully saturated rings. The standard InChI is InChI=1S/C23H29N3O5/c1-23(11-10-14-4-3-5-15-12-16(31-2)6-7-17(14)15)19(8-9-20(23)28)25-26-21(29)13-18(27)22(24)30/h6-7,10,12,18,27H,3-5,8-9,11,13H2,1-2H3,(H2,24,30)(H,26,29)/b14-10+,25-19+/t18-,23-/m1/s1. The molecule has 31 heavy (non-hydrogen) atoms. The highest BCUT2D eigenvalue weighted by Crippen LogP contribution is 2.39. The number of aliphatic hydroxyl groups is 1. The maximum absolute atomic E-state index is 12.7. The third-order valence-electron chi connectivity index (χ3n) is 6.17. The first-order valence-electron chi connectivity index (χ1n) is 10.5. The van der Waals surface area contributed by atoms with E-state index in [0.717, 1.165) is 25.0 Å². The molecular weight excluding hydrogens is 398 g/mol. The molecule has 0 heterocycles. The second-order valence-electron chi connectivity index (χ2n) is 8.28. The lowest BCUT2D eigenvalue weighted by Crippen LogP contribution is -2.35. The average Bonchev–Trinajstić information content (AvgIpc) is 3.04. The van der Waals surface area contributed by atoms with Crippen LogP contribution in [0.3, 0.4) is 0 Å². The molecule has 8 heteroatoms. The Labute approximate surface area is 181 Å². The number of aliphatic hydroxyl groups excluding tert-OH is 1. The summed E-state index contributed by atoms with van der Waals surface area (Å²) in [4.78, 5) is 35.5. The molecule has 0 bridgehead atoms. The van der Waals surface area contributed by atoms with E-state index in [2.05, 4.69) is 28.7 Å². The summed E-state index contributed by atoms with van der Waals surface area (Å²) in [5.41, 5.74) is 10.7. The van der Waals surface area contributed by atoms with Crippen molar-refractivity contribution in [3.05, 3.63) is 35.4 Å². The van der Waals surface area contributed by atoms with E-state index in [-0.39, 0.29) is 5.78 Å². The van der Waals surface area contributed by atoms with Crippen LogP contribution < -0.4 is 15.9 Å². The van der Waals surface area contributed by atoms with Gasteiger partial charge in [0.2, 0.25) is 11.8 Å². The number of aryl methyl sites for hydroxylation is 1. The molecule has 8 nitrogen and oxygen atoms in total.